The molecule has 2 aliphatic rings. The lowest BCUT2D eigenvalue weighted by Gasteiger charge is -2.32. The van der Waals surface area contributed by atoms with Crippen LogP contribution in [0.5, 0.6) is 0 Å². The lowest BCUT2D eigenvalue weighted by atomic mass is 9.78. The minimum absolute atomic E-state index is 0.162. The zero-order valence-corrected chi connectivity index (χ0v) is 23.3. The number of aromatic nitrogens is 1. The number of aliphatic hydroxyl groups is 1. The Kier molecular flexibility index (Phi) is 7.67. The van der Waals surface area contributed by atoms with Gasteiger partial charge >= 0.3 is 0 Å². The van der Waals surface area contributed by atoms with Crippen molar-refractivity contribution in [2.24, 2.45) is 4.99 Å². The molecule has 0 bridgehead atoms. The Balaban J connectivity index is 1.77. The van der Waals surface area contributed by atoms with Crippen molar-refractivity contribution in [3.8, 4) is 11.3 Å². The van der Waals surface area contributed by atoms with Crippen LogP contribution in [-0.4, -0.2) is 39.9 Å². The van der Waals surface area contributed by atoms with Gasteiger partial charge in [0.15, 0.2) is 0 Å². The van der Waals surface area contributed by atoms with E-state index in [0.717, 1.165) is 80.9 Å². The summed E-state index contributed by atoms with van der Waals surface area (Å²) in [7, 11) is 0. The average molecular weight is 514 g/mol. The number of likely N-dealkylation sites (tertiary alicyclic amines) is 1. The van der Waals surface area contributed by atoms with Gasteiger partial charge in [0.25, 0.3) is 0 Å². The quantitative estimate of drug-likeness (QED) is 0.413. The Bertz CT molecular complexity index is 1510. The topological polar surface area (TPSA) is 48.7 Å². The monoisotopic (exact) mass is 513 g/mol. The molecule has 5 rings (SSSR count). The van der Waals surface area contributed by atoms with E-state index in [1.54, 1.807) is 6.07 Å². The van der Waals surface area contributed by atoms with E-state index in [1.165, 1.54) is 24.8 Å². The third kappa shape index (κ3) is 4.89. The minimum atomic E-state index is -0.361. The maximum atomic E-state index is 15.0. The van der Waals surface area contributed by atoms with Gasteiger partial charge in [0.1, 0.15) is 11.6 Å². The van der Waals surface area contributed by atoms with Crippen LogP contribution >= 0.6 is 0 Å². The molecule has 2 aromatic carbocycles. The molecule has 1 aliphatic heterocycles. The molecule has 1 saturated heterocycles. The number of rotatable bonds is 6. The van der Waals surface area contributed by atoms with Crippen LogP contribution in [0.2, 0.25) is 0 Å². The number of nitrogens with zero attached hydrogens (tertiary/aromatic N) is 3. The van der Waals surface area contributed by atoms with Gasteiger partial charge < -0.3 is 10.0 Å². The molecule has 2 heterocycles. The van der Waals surface area contributed by atoms with Gasteiger partial charge in [-0.05, 0) is 103 Å². The molecule has 0 radical (unpaired) electrons. The SMILES string of the molecule is C=c1c(C)c(-c2cc(C3CCC3)cc3ccc(F)c(CC)c23)nc/c1=C(/N=C(\C)CC)N1CCCC(O)C1. The largest absolute Gasteiger partial charge is 0.391 e. The van der Waals surface area contributed by atoms with Crippen molar-refractivity contribution in [1.82, 2.24) is 9.88 Å². The first-order valence-corrected chi connectivity index (χ1v) is 14.2. The number of benzene rings is 2. The fraction of sp³-hybridized carbons (Fsp3) is 0.455. The molecule has 0 spiro atoms. The van der Waals surface area contributed by atoms with Crippen LogP contribution in [0, 0.1) is 12.7 Å². The number of aliphatic imine (C=N–C) groups is 1. The Labute approximate surface area is 225 Å². The van der Waals surface area contributed by atoms with E-state index in [2.05, 4.69) is 37.5 Å². The molecule has 4 nitrogen and oxygen atoms in total. The number of piperidine rings is 1. The second kappa shape index (κ2) is 11.0. The summed E-state index contributed by atoms with van der Waals surface area (Å²) in [5.41, 5.74) is 5.94. The van der Waals surface area contributed by atoms with Crippen molar-refractivity contribution in [2.75, 3.05) is 13.1 Å². The highest BCUT2D eigenvalue weighted by Gasteiger charge is 2.24. The Morgan fingerprint density at radius 1 is 1.18 bits per heavy atom. The third-order valence-corrected chi connectivity index (χ3v) is 8.58. The van der Waals surface area contributed by atoms with Crippen molar-refractivity contribution in [3.05, 3.63) is 63.4 Å². The highest BCUT2D eigenvalue weighted by molar-refractivity contribution is 5.99. The molecule has 2 fully saturated rings. The predicted octanol–water partition coefficient (Wildman–Crippen LogP) is 5.98. The number of fused-ring (bicyclic) bond motifs is 1. The van der Waals surface area contributed by atoms with E-state index in [-0.39, 0.29) is 11.9 Å². The summed E-state index contributed by atoms with van der Waals surface area (Å²) in [5.74, 6) is 1.23. The molecule has 1 saturated carbocycles. The van der Waals surface area contributed by atoms with Gasteiger partial charge in [-0.2, -0.15) is 0 Å². The molecule has 3 aromatic rings. The smallest absolute Gasteiger partial charge is 0.137 e. The van der Waals surface area contributed by atoms with E-state index in [0.29, 0.717) is 18.9 Å². The summed E-state index contributed by atoms with van der Waals surface area (Å²) in [6.07, 6.45) is 8.40. The molecule has 200 valence electrons. The summed E-state index contributed by atoms with van der Waals surface area (Å²) in [6, 6.07) is 8.03. The molecular weight excluding hydrogens is 473 g/mol. The molecule has 1 unspecified atom stereocenters. The zero-order chi connectivity index (χ0) is 27.0. The molecule has 0 amide bonds. The van der Waals surface area contributed by atoms with Crippen molar-refractivity contribution < 1.29 is 9.50 Å². The fourth-order valence-electron chi connectivity index (χ4n) is 5.87. The van der Waals surface area contributed by atoms with Crippen molar-refractivity contribution in [3.63, 3.8) is 0 Å². The number of β-amino-alcohol motifs (C(OH)–C–C–N with tert-alkyl or cyclic N) is 1. The summed E-state index contributed by atoms with van der Waals surface area (Å²) < 4.78 is 15.0. The van der Waals surface area contributed by atoms with Crippen LogP contribution in [0.25, 0.3) is 34.4 Å². The van der Waals surface area contributed by atoms with Crippen LogP contribution in [0.4, 0.5) is 4.39 Å². The Hall–Kier alpha value is -3.05. The maximum absolute atomic E-state index is 15.0. The maximum Gasteiger partial charge on any atom is 0.137 e. The third-order valence-electron chi connectivity index (χ3n) is 8.58. The highest BCUT2D eigenvalue weighted by atomic mass is 19.1. The van der Waals surface area contributed by atoms with E-state index < -0.39 is 0 Å². The summed E-state index contributed by atoms with van der Waals surface area (Å²) in [5, 5.41) is 14.2. The van der Waals surface area contributed by atoms with Crippen molar-refractivity contribution in [2.45, 2.75) is 84.7 Å². The molecule has 1 N–H and O–H groups in total. The van der Waals surface area contributed by atoms with E-state index in [4.69, 9.17) is 9.98 Å². The summed E-state index contributed by atoms with van der Waals surface area (Å²) in [6.45, 7) is 14.1. The normalized spacial score (nSPS) is 19.6. The van der Waals surface area contributed by atoms with Crippen LogP contribution in [0.3, 0.4) is 0 Å². The molecule has 1 aliphatic carbocycles. The standard InChI is InChI=1S/C33H40FN3O/c1-6-20(3)36-33(37-15-9-12-26(38)19-37)29-18-35-32(22(5)21(29)4)28-17-25(23-10-8-11-23)16-24-13-14-30(34)27(7-2)31(24)28/h13-14,16-18,23,26,38H,4,6-12,15,19H2,1-3,5H3/b33-29+,36-20+. The predicted molar refractivity (Wildman–Crippen MR) is 156 cm³/mol. The highest BCUT2D eigenvalue weighted by Crippen LogP contribution is 2.41. The molecule has 1 atom stereocenters. The van der Waals surface area contributed by atoms with Gasteiger partial charge in [-0.25, -0.2) is 9.38 Å². The van der Waals surface area contributed by atoms with E-state index in [9.17, 15) is 5.11 Å². The van der Waals surface area contributed by atoms with Gasteiger partial charge in [-0.15, -0.1) is 0 Å². The molecule has 5 heteroatoms. The number of pyridine rings is 1. The van der Waals surface area contributed by atoms with Gasteiger partial charge in [0.2, 0.25) is 0 Å². The van der Waals surface area contributed by atoms with E-state index in [1.807, 2.05) is 26.1 Å². The number of halogens is 1. The Morgan fingerprint density at radius 2 is 1.97 bits per heavy atom. The number of aryl methyl sites for hydroxylation is 1. The number of hydrogen-bond acceptors (Lipinski definition) is 4. The van der Waals surface area contributed by atoms with Crippen LogP contribution in [0.1, 0.15) is 81.9 Å². The van der Waals surface area contributed by atoms with Gasteiger partial charge in [0, 0.05) is 35.8 Å². The lowest BCUT2D eigenvalue weighted by Crippen LogP contribution is -2.42. The molecular formula is C33H40FN3O. The van der Waals surface area contributed by atoms with Gasteiger partial charge in [-0.1, -0.05) is 39.0 Å². The van der Waals surface area contributed by atoms with Crippen LogP contribution in [-0.2, 0) is 6.42 Å². The number of hydrogen-bond donors (Lipinski definition) is 1. The van der Waals surface area contributed by atoms with Crippen molar-refractivity contribution in [1.29, 1.82) is 0 Å². The molecule has 1 aromatic heterocycles. The van der Waals surface area contributed by atoms with Crippen LogP contribution < -0.4 is 10.4 Å². The van der Waals surface area contributed by atoms with Gasteiger partial charge in [-0.3, -0.25) is 4.98 Å². The molecule has 38 heavy (non-hydrogen) atoms. The van der Waals surface area contributed by atoms with Gasteiger partial charge in [0.05, 0.1) is 11.8 Å². The van der Waals surface area contributed by atoms with E-state index >= 15 is 4.39 Å². The lowest BCUT2D eigenvalue weighted by molar-refractivity contribution is 0.0974. The first-order valence-electron chi connectivity index (χ1n) is 14.2. The summed E-state index contributed by atoms with van der Waals surface area (Å²) >= 11 is 0. The number of aliphatic hydroxyl groups excluding tert-OH is 1. The second-order valence-electron chi connectivity index (χ2n) is 11.1. The minimum Gasteiger partial charge on any atom is -0.391 e. The first-order chi connectivity index (χ1) is 18.3. The van der Waals surface area contributed by atoms with Crippen LogP contribution in [0.15, 0.2) is 35.5 Å². The first kappa shape index (κ1) is 26.6. The summed E-state index contributed by atoms with van der Waals surface area (Å²) in [4.78, 5) is 12.2. The zero-order valence-electron chi connectivity index (χ0n) is 23.3. The fourth-order valence-corrected chi connectivity index (χ4v) is 5.87. The van der Waals surface area contributed by atoms with Crippen molar-refractivity contribution >= 4 is 28.9 Å². The second-order valence-corrected chi connectivity index (χ2v) is 11.1. The Morgan fingerprint density at radius 3 is 2.63 bits per heavy atom. The average Bonchev–Trinajstić information content (AvgIpc) is 2.87.